The average Bonchev–Trinajstić information content (AvgIpc) is 2.80. The van der Waals surface area contributed by atoms with Crippen LogP contribution in [0.3, 0.4) is 0 Å². The van der Waals surface area contributed by atoms with Gasteiger partial charge in [-0.1, -0.05) is 29.8 Å². The largest absolute Gasteiger partial charge is 0.489 e. The lowest BCUT2D eigenvalue weighted by Gasteiger charge is -2.31. The Bertz CT molecular complexity index is 1030. The fourth-order valence-corrected chi connectivity index (χ4v) is 3.87. The Morgan fingerprint density at radius 1 is 1.06 bits per heavy atom. The molecular weight excluding hydrogens is 388 g/mol. The monoisotopic (exact) mass is 416 g/mol. The molecule has 1 aliphatic heterocycles. The maximum Gasteiger partial charge on any atom is 0.227 e. The summed E-state index contributed by atoms with van der Waals surface area (Å²) in [5.74, 6) is 1.60. The highest BCUT2D eigenvalue weighted by atomic mass is 16.5. The summed E-state index contributed by atoms with van der Waals surface area (Å²) in [6, 6.07) is 15.9. The number of nitrogens with one attached hydrogen (secondary N) is 1. The number of carbonyl (C=O) groups is 1. The van der Waals surface area contributed by atoms with Gasteiger partial charge in [0.15, 0.2) is 0 Å². The number of carbonyl (C=O) groups excluding carboxylic acids is 1. The summed E-state index contributed by atoms with van der Waals surface area (Å²) < 4.78 is 5.93. The molecule has 0 unspecified atom stereocenters. The van der Waals surface area contributed by atoms with Crippen LogP contribution in [0, 0.1) is 19.8 Å². The van der Waals surface area contributed by atoms with Crippen molar-refractivity contribution in [3.8, 4) is 5.75 Å². The number of anilines is 2. The van der Waals surface area contributed by atoms with Crippen LogP contribution in [-0.4, -0.2) is 29.0 Å². The molecular formula is C25H28N4O2. The van der Waals surface area contributed by atoms with E-state index >= 15 is 0 Å². The summed E-state index contributed by atoms with van der Waals surface area (Å²) in [6.45, 7) is 6.16. The average molecular weight is 417 g/mol. The van der Waals surface area contributed by atoms with Crippen LogP contribution in [0.5, 0.6) is 5.75 Å². The van der Waals surface area contributed by atoms with Gasteiger partial charge in [0.1, 0.15) is 12.4 Å². The molecule has 0 radical (unpaired) electrons. The molecule has 6 heteroatoms. The van der Waals surface area contributed by atoms with Crippen molar-refractivity contribution in [3.05, 3.63) is 77.6 Å². The zero-order valence-electron chi connectivity index (χ0n) is 18.0. The van der Waals surface area contributed by atoms with Crippen molar-refractivity contribution in [3.63, 3.8) is 0 Å². The first-order valence-electron chi connectivity index (χ1n) is 10.7. The maximum atomic E-state index is 12.8. The van der Waals surface area contributed by atoms with Crippen LogP contribution in [0.15, 0.2) is 60.9 Å². The van der Waals surface area contributed by atoms with Crippen LogP contribution in [0.4, 0.5) is 11.6 Å². The number of aryl methyl sites for hydroxylation is 2. The highest BCUT2D eigenvalue weighted by Gasteiger charge is 2.26. The first-order chi connectivity index (χ1) is 15.1. The third kappa shape index (κ3) is 5.40. The van der Waals surface area contributed by atoms with Gasteiger partial charge in [-0.2, -0.15) is 0 Å². The van der Waals surface area contributed by atoms with Gasteiger partial charge < -0.3 is 15.0 Å². The molecule has 1 fully saturated rings. The summed E-state index contributed by atoms with van der Waals surface area (Å²) in [6.07, 6.45) is 5.08. The first-order valence-corrected chi connectivity index (χ1v) is 10.7. The van der Waals surface area contributed by atoms with Crippen molar-refractivity contribution in [1.29, 1.82) is 0 Å². The van der Waals surface area contributed by atoms with E-state index in [4.69, 9.17) is 4.74 Å². The highest BCUT2D eigenvalue weighted by molar-refractivity contribution is 5.93. The molecule has 0 spiro atoms. The summed E-state index contributed by atoms with van der Waals surface area (Å²) in [5.41, 5.74) is 4.19. The van der Waals surface area contributed by atoms with Crippen molar-refractivity contribution in [1.82, 2.24) is 9.97 Å². The summed E-state index contributed by atoms with van der Waals surface area (Å²) in [7, 11) is 0. The second-order valence-electron chi connectivity index (χ2n) is 8.05. The van der Waals surface area contributed by atoms with Gasteiger partial charge >= 0.3 is 0 Å². The molecule has 1 amide bonds. The molecule has 3 aromatic rings. The Labute approximate surface area is 183 Å². The summed E-state index contributed by atoms with van der Waals surface area (Å²) in [5, 5.41) is 3.10. The van der Waals surface area contributed by atoms with Gasteiger partial charge in [0, 0.05) is 37.1 Å². The second kappa shape index (κ2) is 9.60. The second-order valence-corrected chi connectivity index (χ2v) is 8.05. The van der Waals surface area contributed by atoms with Gasteiger partial charge in [-0.15, -0.1) is 0 Å². The SMILES string of the molecule is Cc1cccc(COc2ccc(NC(=O)C3CCN(c4ncccn4)CC3)c(C)c2)c1. The van der Waals surface area contributed by atoms with Crippen molar-refractivity contribution in [2.24, 2.45) is 5.92 Å². The molecule has 1 aromatic heterocycles. The van der Waals surface area contributed by atoms with Gasteiger partial charge in [-0.3, -0.25) is 4.79 Å². The standard InChI is InChI=1S/C25H28N4O2/c1-18-5-3-6-20(15-18)17-31-22-7-8-23(19(2)16-22)28-24(30)21-9-13-29(14-10-21)25-26-11-4-12-27-25/h3-8,11-12,15-16,21H,9-10,13-14,17H2,1-2H3,(H,28,30). The van der Waals surface area contributed by atoms with Crippen LogP contribution in [0.2, 0.25) is 0 Å². The molecule has 4 rings (SSSR count). The van der Waals surface area contributed by atoms with E-state index in [1.54, 1.807) is 12.4 Å². The molecule has 1 saturated heterocycles. The third-order valence-corrected chi connectivity index (χ3v) is 5.64. The molecule has 31 heavy (non-hydrogen) atoms. The van der Waals surface area contributed by atoms with E-state index in [1.807, 2.05) is 37.3 Å². The van der Waals surface area contributed by atoms with Gasteiger partial charge in [-0.05, 0) is 62.1 Å². The number of amides is 1. The van der Waals surface area contributed by atoms with Crippen molar-refractivity contribution >= 4 is 17.5 Å². The van der Waals surface area contributed by atoms with Crippen molar-refractivity contribution in [2.75, 3.05) is 23.3 Å². The number of aromatic nitrogens is 2. The fourth-order valence-electron chi connectivity index (χ4n) is 3.87. The van der Waals surface area contributed by atoms with Gasteiger partial charge in [0.25, 0.3) is 0 Å². The maximum absolute atomic E-state index is 12.8. The zero-order chi connectivity index (χ0) is 21.6. The van der Waals surface area contributed by atoms with Crippen LogP contribution < -0.4 is 15.0 Å². The fraction of sp³-hybridized carbons (Fsp3) is 0.320. The van der Waals surface area contributed by atoms with Gasteiger partial charge in [-0.25, -0.2) is 9.97 Å². The van der Waals surface area contributed by atoms with Crippen LogP contribution in [0.25, 0.3) is 0 Å². The van der Waals surface area contributed by atoms with E-state index in [9.17, 15) is 4.79 Å². The van der Waals surface area contributed by atoms with E-state index in [-0.39, 0.29) is 11.8 Å². The van der Waals surface area contributed by atoms with Crippen LogP contribution in [-0.2, 0) is 11.4 Å². The molecule has 6 nitrogen and oxygen atoms in total. The molecule has 0 aliphatic carbocycles. The zero-order valence-corrected chi connectivity index (χ0v) is 18.0. The number of nitrogens with zero attached hydrogens (tertiary/aromatic N) is 3. The lowest BCUT2D eigenvalue weighted by Crippen LogP contribution is -2.39. The minimum absolute atomic E-state index is 0.00314. The van der Waals surface area contributed by atoms with E-state index in [0.29, 0.717) is 6.61 Å². The third-order valence-electron chi connectivity index (χ3n) is 5.64. The molecule has 0 atom stereocenters. The topological polar surface area (TPSA) is 67.3 Å². The Balaban J connectivity index is 1.30. The minimum atomic E-state index is -0.00314. The van der Waals surface area contributed by atoms with E-state index in [2.05, 4.69) is 45.3 Å². The van der Waals surface area contributed by atoms with Crippen molar-refractivity contribution in [2.45, 2.75) is 33.3 Å². The molecule has 1 N–H and O–H groups in total. The van der Waals surface area contributed by atoms with Gasteiger partial charge in [0.2, 0.25) is 11.9 Å². The lowest BCUT2D eigenvalue weighted by molar-refractivity contribution is -0.120. The molecule has 1 aliphatic rings. The Morgan fingerprint density at radius 3 is 2.55 bits per heavy atom. The summed E-state index contributed by atoms with van der Waals surface area (Å²) >= 11 is 0. The van der Waals surface area contributed by atoms with E-state index < -0.39 is 0 Å². The Morgan fingerprint density at radius 2 is 1.84 bits per heavy atom. The molecule has 2 heterocycles. The number of hydrogen-bond donors (Lipinski definition) is 1. The van der Waals surface area contributed by atoms with Crippen LogP contribution in [0.1, 0.15) is 29.5 Å². The smallest absolute Gasteiger partial charge is 0.227 e. The molecule has 0 saturated carbocycles. The van der Waals surface area contributed by atoms with Crippen molar-refractivity contribution < 1.29 is 9.53 Å². The lowest BCUT2D eigenvalue weighted by atomic mass is 9.96. The van der Waals surface area contributed by atoms with E-state index in [0.717, 1.165) is 54.4 Å². The number of hydrogen-bond acceptors (Lipinski definition) is 5. The number of ether oxygens (including phenoxy) is 1. The quantitative estimate of drug-likeness (QED) is 0.640. The Hall–Kier alpha value is -3.41. The number of rotatable bonds is 6. The predicted octanol–water partition coefficient (Wildman–Crippen LogP) is 4.53. The number of piperidine rings is 1. The molecule has 160 valence electrons. The van der Waals surface area contributed by atoms with Gasteiger partial charge in [0.05, 0.1) is 0 Å². The molecule has 0 bridgehead atoms. The summed E-state index contributed by atoms with van der Waals surface area (Å²) in [4.78, 5) is 23.5. The highest BCUT2D eigenvalue weighted by Crippen LogP contribution is 2.25. The normalized spacial score (nSPS) is 14.3. The molecule has 2 aromatic carbocycles. The number of benzene rings is 2. The Kier molecular flexibility index (Phi) is 6.46. The van der Waals surface area contributed by atoms with Crippen LogP contribution >= 0.6 is 0 Å². The minimum Gasteiger partial charge on any atom is -0.489 e. The van der Waals surface area contributed by atoms with E-state index in [1.165, 1.54) is 5.56 Å². The predicted molar refractivity (Wildman–Crippen MR) is 122 cm³/mol. The first kappa shape index (κ1) is 20.8.